The zero-order valence-corrected chi connectivity index (χ0v) is 9.63. The minimum absolute atomic E-state index is 0.197. The fourth-order valence-electron chi connectivity index (χ4n) is 1.31. The first kappa shape index (κ1) is 13.1. The van der Waals surface area contributed by atoms with E-state index in [1.165, 1.54) is 6.07 Å². The summed E-state index contributed by atoms with van der Waals surface area (Å²) >= 11 is 0. The first-order chi connectivity index (χ1) is 7.50. The molecule has 0 fully saturated rings. The molecule has 0 aliphatic rings. The number of hydrogen-bond donors (Lipinski definition) is 3. The van der Waals surface area contributed by atoms with Crippen LogP contribution in [0, 0.1) is 12.7 Å². The molecule has 1 aromatic rings. The number of rotatable bonds is 5. The molecule has 3 nitrogen and oxygen atoms in total. The van der Waals surface area contributed by atoms with Crippen molar-refractivity contribution in [2.24, 2.45) is 0 Å². The van der Waals surface area contributed by atoms with Gasteiger partial charge in [0.15, 0.2) is 0 Å². The first-order valence-corrected chi connectivity index (χ1v) is 5.22. The van der Waals surface area contributed by atoms with Gasteiger partial charge in [-0.05, 0) is 19.9 Å². The second-order valence-corrected chi connectivity index (χ2v) is 4.33. The standard InChI is InChI=1S/C12H18FNO2/c1-9-3-4-11(13)10(5-9)6-14-12(2,7-15)8-16/h3-5,14-16H,6-8H2,1-2H3. The summed E-state index contributed by atoms with van der Waals surface area (Å²) in [4.78, 5) is 0. The largest absolute Gasteiger partial charge is 0.394 e. The Bertz CT molecular complexity index is 351. The van der Waals surface area contributed by atoms with E-state index in [1.54, 1.807) is 19.1 Å². The van der Waals surface area contributed by atoms with Crippen LogP contribution >= 0.6 is 0 Å². The highest BCUT2D eigenvalue weighted by Crippen LogP contribution is 2.11. The quantitative estimate of drug-likeness (QED) is 0.702. The molecule has 90 valence electrons. The molecule has 0 atom stereocenters. The van der Waals surface area contributed by atoms with Crippen LogP contribution in [0.25, 0.3) is 0 Å². The molecule has 0 radical (unpaired) electrons. The van der Waals surface area contributed by atoms with Gasteiger partial charge < -0.3 is 15.5 Å². The van der Waals surface area contributed by atoms with E-state index in [0.717, 1.165) is 5.56 Å². The molecule has 0 bridgehead atoms. The summed E-state index contributed by atoms with van der Waals surface area (Å²) in [6.07, 6.45) is 0. The summed E-state index contributed by atoms with van der Waals surface area (Å²) in [5, 5.41) is 21.1. The third kappa shape index (κ3) is 3.27. The molecule has 0 aliphatic heterocycles. The van der Waals surface area contributed by atoms with Crippen LogP contribution < -0.4 is 5.32 Å². The van der Waals surface area contributed by atoms with Crippen LogP contribution in [0.1, 0.15) is 18.1 Å². The van der Waals surface area contributed by atoms with E-state index in [-0.39, 0.29) is 25.6 Å². The zero-order chi connectivity index (χ0) is 12.2. The molecule has 0 unspecified atom stereocenters. The average Bonchev–Trinajstić information content (AvgIpc) is 2.30. The van der Waals surface area contributed by atoms with Crippen LogP contribution in [0.4, 0.5) is 4.39 Å². The van der Waals surface area contributed by atoms with Gasteiger partial charge >= 0.3 is 0 Å². The fraction of sp³-hybridized carbons (Fsp3) is 0.500. The molecule has 0 aromatic heterocycles. The van der Waals surface area contributed by atoms with Crippen molar-refractivity contribution in [3.8, 4) is 0 Å². The highest BCUT2D eigenvalue weighted by atomic mass is 19.1. The Hall–Kier alpha value is -0.970. The summed E-state index contributed by atoms with van der Waals surface area (Å²) in [6, 6.07) is 4.87. The van der Waals surface area contributed by atoms with E-state index in [2.05, 4.69) is 5.32 Å². The van der Waals surface area contributed by atoms with Crippen LogP contribution in [0.15, 0.2) is 18.2 Å². The van der Waals surface area contributed by atoms with Crippen LogP contribution in [-0.2, 0) is 6.54 Å². The number of nitrogens with one attached hydrogen (secondary N) is 1. The minimum Gasteiger partial charge on any atom is -0.394 e. The highest BCUT2D eigenvalue weighted by molar-refractivity contribution is 5.24. The normalized spacial score (nSPS) is 11.8. The Kier molecular flexibility index (Phi) is 4.41. The minimum atomic E-state index is -0.782. The number of benzene rings is 1. The molecule has 16 heavy (non-hydrogen) atoms. The smallest absolute Gasteiger partial charge is 0.127 e. The maximum Gasteiger partial charge on any atom is 0.127 e. The monoisotopic (exact) mass is 227 g/mol. The van der Waals surface area contributed by atoms with Gasteiger partial charge in [0.1, 0.15) is 5.82 Å². The second-order valence-electron chi connectivity index (χ2n) is 4.33. The van der Waals surface area contributed by atoms with Crippen LogP contribution in [-0.4, -0.2) is 29.0 Å². The van der Waals surface area contributed by atoms with Crippen molar-refractivity contribution in [3.05, 3.63) is 35.1 Å². The molecule has 4 heteroatoms. The molecule has 1 rings (SSSR count). The Balaban J connectivity index is 2.70. The molecule has 1 aromatic carbocycles. The molecule has 0 saturated carbocycles. The summed E-state index contributed by atoms with van der Waals surface area (Å²) in [5.41, 5.74) is 0.733. The highest BCUT2D eigenvalue weighted by Gasteiger charge is 2.21. The maximum atomic E-state index is 13.4. The van der Waals surface area contributed by atoms with Crippen LogP contribution in [0.2, 0.25) is 0 Å². The van der Waals surface area contributed by atoms with Crippen molar-refractivity contribution in [1.29, 1.82) is 0 Å². The van der Waals surface area contributed by atoms with Gasteiger partial charge in [0.2, 0.25) is 0 Å². The molecule has 0 spiro atoms. The lowest BCUT2D eigenvalue weighted by atomic mass is 10.0. The van der Waals surface area contributed by atoms with Gasteiger partial charge in [0, 0.05) is 12.1 Å². The predicted molar refractivity (Wildman–Crippen MR) is 60.6 cm³/mol. The van der Waals surface area contributed by atoms with Gasteiger partial charge in [-0.15, -0.1) is 0 Å². The number of aliphatic hydroxyl groups is 2. The Morgan fingerprint density at radius 2 is 1.94 bits per heavy atom. The Labute approximate surface area is 94.9 Å². The lowest BCUT2D eigenvalue weighted by Gasteiger charge is -2.26. The zero-order valence-electron chi connectivity index (χ0n) is 9.63. The van der Waals surface area contributed by atoms with E-state index in [9.17, 15) is 4.39 Å². The molecule has 0 amide bonds. The lowest BCUT2D eigenvalue weighted by Crippen LogP contribution is -2.48. The molecule has 0 saturated heterocycles. The van der Waals surface area contributed by atoms with Crippen molar-refractivity contribution < 1.29 is 14.6 Å². The SMILES string of the molecule is Cc1ccc(F)c(CNC(C)(CO)CO)c1. The van der Waals surface area contributed by atoms with Crippen molar-refractivity contribution in [1.82, 2.24) is 5.32 Å². The van der Waals surface area contributed by atoms with Gasteiger partial charge in [-0.3, -0.25) is 0 Å². The third-order valence-electron chi connectivity index (χ3n) is 2.60. The summed E-state index contributed by atoms with van der Waals surface area (Å²) in [5.74, 6) is -0.281. The number of aryl methyl sites for hydroxylation is 1. The predicted octanol–water partition coefficient (Wildman–Crippen LogP) is 0.967. The van der Waals surface area contributed by atoms with Gasteiger partial charge in [0.25, 0.3) is 0 Å². The molecular weight excluding hydrogens is 209 g/mol. The van der Waals surface area contributed by atoms with Gasteiger partial charge in [0.05, 0.1) is 18.8 Å². The molecule has 0 heterocycles. The van der Waals surface area contributed by atoms with E-state index >= 15 is 0 Å². The molecule has 0 aliphatic carbocycles. The van der Waals surface area contributed by atoms with E-state index in [1.807, 2.05) is 6.92 Å². The second kappa shape index (κ2) is 5.39. The van der Waals surface area contributed by atoms with Crippen LogP contribution in [0.5, 0.6) is 0 Å². The Morgan fingerprint density at radius 3 is 2.50 bits per heavy atom. The number of aliphatic hydroxyl groups excluding tert-OH is 2. The van der Waals surface area contributed by atoms with Gasteiger partial charge in [-0.2, -0.15) is 0 Å². The maximum absolute atomic E-state index is 13.4. The van der Waals surface area contributed by atoms with Crippen molar-refractivity contribution in [3.63, 3.8) is 0 Å². The summed E-state index contributed by atoms with van der Waals surface area (Å²) in [7, 11) is 0. The molecule has 3 N–H and O–H groups in total. The van der Waals surface area contributed by atoms with Crippen molar-refractivity contribution >= 4 is 0 Å². The summed E-state index contributed by atoms with van der Waals surface area (Å²) < 4.78 is 13.4. The third-order valence-corrected chi connectivity index (χ3v) is 2.60. The summed E-state index contributed by atoms with van der Waals surface area (Å²) in [6.45, 7) is 3.46. The Morgan fingerprint density at radius 1 is 1.31 bits per heavy atom. The van der Waals surface area contributed by atoms with Crippen molar-refractivity contribution in [2.45, 2.75) is 25.9 Å². The van der Waals surface area contributed by atoms with Crippen molar-refractivity contribution in [2.75, 3.05) is 13.2 Å². The number of halogens is 1. The lowest BCUT2D eigenvalue weighted by molar-refractivity contribution is 0.103. The topological polar surface area (TPSA) is 52.5 Å². The number of hydrogen-bond acceptors (Lipinski definition) is 3. The van der Waals surface area contributed by atoms with Gasteiger partial charge in [-0.1, -0.05) is 17.7 Å². The van der Waals surface area contributed by atoms with E-state index in [0.29, 0.717) is 5.56 Å². The fourth-order valence-corrected chi connectivity index (χ4v) is 1.31. The van der Waals surface area contributed by atoms with E-state index in [4.69, 9.17) is 10.2 Å². The van der Waals surface area contributed by atoms with Gasteiger partial charge in [-0.25, -0.2) is 4.39 Å². The van der Waals surface area contributed by atoms with Crippen LogP contribution in [0.3, 0.4) is 0 Å². The molecular formula is C12H18FNO2. The first-order valence-electron chi connectivity index (χ1n) is 5.22. The average molecular weight is 227 g/mol. The van der Waals surface area contributed by atoms with E-state index < -0.39 is 5.54 Å².